The fraction of sp³-hybridized carbons (Fsp3) is 0.0909. The van der Waals surface area contributed by atoms with Crippen LogP contribution in [0.4, 0.5) is 24.7 Å². The van der Waals surface area contributed by atoms with Crippen LogP contribution in [0.2, 0.25) is 0 Å². The van der Waals surface area contributed by atoms with Gasteiger partial charge >= 0.3 is 5.69 Å². The summed E-state index contributed by atoms with van der Waals surface area (Å²) in [5, 5.41) is 16.0. The second kappa shape index (κ2) is 5.23. The molecule has 0 saturated carbocycles. The van der Waals surface area contributed by atoms with Crippen molar-refractivity contribution in [2.45, 2.75) is 6.92 Å². The van der Waals surface area contributed by atoms with Gasteiger partial charge < -0.3 is 9.84 Å². The zero-order chi connectivity index (χ0) is 15.7. The Balaban J connectivity index is 2.43. The third kappa shape index (κ3) is 2.68. The molecule has 0 aliphatic heterocycles. The quantitative estimate of drug-likeness (QED) is 0.533. The number of nitrogens with one attached hydrogen (secondary N) is 1. The smallest absolute Gasteiger partial charge is 0.308 e. The molecule has 1 aromatic heterocycles. The summed E-state index contributed by atoms with van der Waals surface area (Å²) < 4.78 is 44.6. The van der Waals surface area contributed by atoms with Crippen LogP contribution in [0.1, 0.15) is 16.1 Å². The van der Waals surface area contributed by atoms with E-state index in [1.165, 1.54) is 13.0 Å². The summed E-state index contributed by atoms with van der Waals surface area (Å²) >= 11 is 0. The number of rotatable bonds is 3. The summed E-state index contributed by atoms with van der Waals surface area (Å²) in [7, 11) is 0. The average molecular weight is 301 g/mol. The van der Waals surface area contributed by atoms with E-state index in [2.05, 4.69) is 9.68 Å². The van der Waals surface area contributed by atoms with E-state index in [0.29, 0.717) is 11.8 Å². The molecule has 21 heavy (non-hydrogen) atoms. The van der Waals surface area contributed by atoms with Crippen molar-refractivity contribution in [3.8, 4) is 0 Å². The number of nitro groups is 1. The molecule has 0 unspecified atom stereocenters. The highest BCUT2D eigenvalue weighted by atomic mass is 19.2. The normalized spacial score (nSPS) is 10.5. The molecule has 0 aliphatic carbocycles. The molecule has 10 heteroatoms. The SMILES string of the molecule is Cc1cc(NC(=O)c2cc([N+](=O)[O-])c(F)c(F)c2F)no1. The Morgan fingerprint density at radius 2 is 1.95 bits per heavy atom. The number of aryl methyl sites for hydroxylation is 1. The monoisotopic (exact) mass is 301 g/mol. The molecule has 2 rings (SSSR count). The van der Waals surface area contributed by atoms with Crippen molar-refractivity contribution in [3.05, 3.63) is 51.0 Å². The molecule has 0 aliphatic rings. The number of benzene rings is 1. The fourth-order valence-electron chi connectivity index (χ4n) is 1.50. The van der Waals surface area contributed by atoms with Crippen LogP contribution >= 0.6 is 0 Å². The number of carbonyl (C=O) groups excluding carboxylic acids is 1. The first-order chi connectivity index (χ1) is 9.81. The van der Waals surface area contributed by atoms with Gasteiger partial charge in [0.2, 0.25) is 11.6 Å². The van der Waals surface area contributed by atoms with Crippen molar-refractivity contribution < 1.29 is 27.4 Å². The van der Waals surface area contributed by atoms with E-state index in [1.54, 1.807) is 0 Å². The summed E-state index contributed by atoms with van der Waals surface area (Å²) in [6.45, 7) is 1.52. The minimum Gasteiger partial charge on any atom is -0.360 e. The standard InChI is InChI=1S/C11H6F3N3O4/c1-4-2-7(16-21-4)15-11(18)5-3-6(17(19)20)9(13)10(14)8(5)12/h2-3H,1H3,(H,15,16,18). The van der Waals surface area contributed by atoms with E-state index in [4.69, 9.17) is 0 Å². The van der Waals surface area contributed by atoms with Gasteiger partial charge in [0.1, 0.15) is 5.76 Å². The van der Waals surface area contributed by atoms with E-state index in [9.17, 15) is 28.1 Å². The zero-order valence-electron chi connectivity index (χ0n) is 10.3. The molecule has 0 saturated heterocycles. The van der Waals surface area contributed by atoms with Gasteiger partial charge in [-0.3, -0.25) is 14.9 Å². The van der Waals surface area contributed by atoms with Crippen molar-refractivity contribution in [1.29, 1.82) is 0 Å². The summed E-state index contributed by atoms with van der Waals surface area (Å²) in [6, 6.07) is 1.58. The second-order valence-corrected chi connectivity index (χ2v) is 3.92. The van der Waals surface area contributed by atoms with Gasteiger partial charge in [-0.15, -0.1) is 0 Å². The van der Waals surface area contributed by atoms with Crippen LogP contribution in [-0.2, 0) is 0 Å². The number of carbonyl (C=O) groups is 1. The lowest BCUT2D eigenvalue weighted by Crippen LogP contribution is -2.16. The van der Waals surface area contributed by atoms with Crippen LogP contribution in [0.25, 0.3) is 0 Å². The maximum Gasteiger partial charge on any atom is 0.308 e. The molecule has 0 radical (unpaired) electrons. The molecule has 1 aromatic carbocycles. The van der Waals surface area contributed by atoms with Crippen molar-refractivity contribution in [3.63, 3.8) is 0 Å². The summed E-state index contributed by atoms with van der Waals surface area (Å²) in [5.74, 6) is -6.93. The van der Waals surface area contributed by atoms with E-state index in [1.807, 2.05) is 5.32 Å². The van der Waals surface area contributed by atoms with Gasteiger partial charge in [0, 0.05) is 12.1 Å². The van der Waals surface area contributed by atoms with E-state index in [-0.39, 0.29) is 5.82 Å². The van der Waals surface area contributed by atoms with Gasteiger partial charge in [-0.25, -0.2) is 8.78 Å². The van der Waals surface area contributed by atoms with Gasteiger partial charge in [-0.05, 0) is 6.92 Å². The first-order valence-corrected chi connectivity index (χ1v) is 5.37. The number of hydrogen-bond acceptors (Lipinski definition) is 5. The third-order valence-corrected chi connectivity index (χ3v) is 2.44. The molecule has 1 heterocycles. The lowest BCUT2D eigenvalue weighted by molar-refractivity contribution is -0.387. The van der Waals surface area contributed by atoms with Crippen LogP contribution in [0.5, 0.6) is 0 Å². The Morgan fingerprint density at radius 3 is 2.48 bits per heavy atom. The highest BCUT2D eigenvalue weighted by Gasteiger charge is 2.28. The van der Waals surface area contributed by atoms with Gasteiger partial charge in [0.25, 0.3) is 5.91 Å². The van der Waals surface area contributed by atoms with E-state index < -0.39 is 39.5 Å². The van der Waals surface area contributed by atoms with Gasteiger partial charge in [0.15, 0.2) is 11.6 Å². The van der Waals surface area contributed by atoms with E-state index >= 15 is 0 Å². The third-order valence-electron chi connectivity index (χ3n) is 2.44. The number of hydrogen-bond donors (Lipinski definition) is 1. The Morgan fingerprint density at radius 1 is 1.29 bits per heavy atom. The molecule has 0 spiro atoms. The number of nitro benzene ring substituents is 1. The van der Waals surface area contributed by atoms with Crippen LogP contribution in [0.3, 0.4) is 0 Å². The number of halogens is 3. The van der Waals surface area contributed by atoms with Gasteiger partial charge in [0.05, 0.1) is 10.5 Å². The van der Waals surface area contributed by atoms with Crippen LogP contribution in [0.15, 0.2) is 16.7 Å². The van der Waals surface area contributed by atoms with Crippen molar-refractivity contribution in [1.82, 2.24) is 5.16 Å². The largest absolute Gasteiger partial charge is 0.360 e. The molecule has 2 aromatic rings. The number of aromatic nitrogens is 1. The second-order valence-electron chi connectivity index (χ2n) is 3.92. The lowest BCUT2D eigenvalue weighted by Gasteiger charge is -2.05. The molecule has 0 atom stereocenters. The summed E-state index contributed by atoms with van der Waals surface area (Å²) in [4.78, 5) is 21.0. The highest BCUT2D eigenvalue weighted by molar-refractivity contribution is 6.04. The van der Waals surface area contributed by atoms with Gasteiger partial charge in [-0.2, -0.15) is 4.39 Å². The lowest BCUT2D eigenvalue weighted by atomic mass is 10.1. The Hall–Kier alpha value is -2.91. The predicted octanol–water partition coefficient (Wildman–Crippen LogP) is 2.56. The minimum absolute atomic E-state index is 0.107. The maximum atomic E-state index is 13.5. The maximum absolute atomic E-state index is 13.5. The zero-order valence-corrected chi connectivity index (χ0v) is 10.3. The molecule has 7 nitrogen and oxygen atoms in total. The van der Waals surface area contributed by atoms with E-state index in [0.717, 1.165) is 0 Å². The number of anilines is 1. The van der Waals surface area contributed by atoms with Crippen LogP contribution in [0, 0.1) is 34.5 Å². The average Bonchev–Trinajstić information content (AvgIpc) is 2.81. The predicted molar refractivity (Wildman–Crippen MR) is 62.2 cm³/mol. The molecule has 0 bridgehead atoms. The Labute approximate surface area is 114 Å². The van der Waals surface area contributed by atoms with Crippen LogP contribution in [-0.4, -0.2) is 16.0 Å². The molecular formula is C11H6F3N3O4. The van der Waals surface area contributed by atoms with Crippen LogP contribution < -0.4 is 5.32 Å². The van der Waals surface area contributed by atoms with Crippen molar-refractivity contribution in [2.75, 3.05) is 5.32 Å². The fourth-order valence-corrected chi connectivity index (χ4v) is 1.50. The number of nitrogens with zero attached hydrogens (tertiary/aromatic N) is 2. The Bertz CT molecular complexity index is 745. The first-order valence-electron chi connectivity index (χ1n) is 5.37. The molecule has 110 valence electrons. The topological polar surface area (TPSA) is 98.3 Å². The first kappa shape index (κ1) is 14.5. The van der Waals surface area contributed by atoms with Crippen molar-refractivity contribution >= 4 is 17.4 Å². The highest BCUT2D eigenvalue weighted by Crippen LogP contribution is 2.26. The molecule has 0 fully saturated rings. The summed E-state index contributed by atoms with van der Waals surface area (Å²) in [5.41, 5.74) is -2.38. The van der Waals surface area contributed by atoms with Gasteiger partial charge in [-0.1, -0.05) is 5.16 Å². The summed E-state index contributed by atoms with van der Waals surface area (Å²) in [6.07, 6.45) is 0. The molecule has 1 amide bonds. The molecular weight excluding hydrogens is 295 g/mol. The number of amides is 1. The molecule has 1 N–H and O–H groups in total. The van der Waals surface area contributed by atoms with Crippen molar-refractivity contribution in [2.24, 2.45) is 0 Å². The Kier molecular flexibility index (Phi) is 3.61. The minimum atomic E-state index is -2.11.